The third-order valence-corrected chi connectivity index (χ3v) is 6.05. The standard InChI is InChI=1S/C26H22Br2N2O5/c1-26(2)34-24(31)21(25(32)35-26)14-16(15-29-19-9-5-17(27)6-10-19)23(22-4-3-13-33-22)30-20-11-7-18(28)8-12-20/h3-15,23,29-30H,1-2H3/b16-15-. The Balaban J connectivity index is 1.76. The van der Waals surface area contributed by atoms with E-state index in [1.165, 1.54) is 19.9 Å². The molecule has 1 aromatic heterocycles. The summed E-state index contributed by atoms with van der Waals surface area (Å²) in [6.45, 7) is 3.01. The Kier molecular flexibility index (Phi) is 7.47. The minimum absolute atomic E-state index is 0.220. The first-order valence-corrected chi connectivity index (χ1v) is 12.2. The molecule has 0 bridgehead atoms. The number of halogens is 2. The number of anilines is 2. The molecule has 1 saturated heterocycles. The largest absolute Gasteiger partial charge is 0.467 e. The quantitative estimate of drug-likeness (QED) is 0.177. The molecule has 0 spiro atoms. The van der Waals surface area contributed by atoms with Gasteiger partial charge in [0.25, 0.3) is 5.79 Å². The van der Waals surface area contributed by atoms with Crippen molar-refractivity contribution in [3.63, 3.8) is 0 Å². The van der Waals surface area contributed by atoms with Crippen molar-refractivity contribution in [2.24, 2.45) is 0 Å². The highest BCUT2D eigenvalue weighted by Gasteiger charge is 2.39. The van der Waals surface area contributed by atoms with Gasteiger partial charge in [-0.15, -0.1) is 0 Å². The molecule has 9 heteroatoms. The summed E-state index contributed by atoms with van der Waals surface area (Å²) in [4.78, 5) is 25.4. The lowest BCUT2D eigenvalue weighted by Crippen LogP contribution is -2.42. The lowest BCUT2D eigenvalue weighted by atomic mass is 10.0. The first-order valence-electron chi connectivity index (χ1n) is 10.7. The van der Waals surface area contributed by atoms with Gasteiger partial charge in [0.2, 0.25) is 0 Å². The fourth-order valence-corrected chi connectivity index (χ4v) is 3.88. The summed E-state index contributed by atoms with van der Waals surface area (Å²) in [6.07, 6.45) is 4.71. The van der Waals surface area contributed by atoms with Gasteiger partial charge < -0.3 is 24.5 Å². The SMILES string of the molecule is CC1(C)OC(=O)C(=C/C(=C/Nc2ccc(Br)cc2)C(Nc2ccc(Br)cc2)c2ccco2)C(=O)O1. The summed E-state index contributed by atoms with van der Waals surface area (Å²) < 4.78 is 18.1. The summed E-state index contributed by atoms with van der Waals surface area (Å²) in [5, 5.41) is 6.63. The summed E-state index contributed by atoms with van der Waals surface area (Å²) in [6, 6.07) is 18.2. The first kappa shape index (κ1) is 24.8. The maximum Gasteiger partial charge on any atom is 0.348 e. The van der Waals surface area contributed by atoms with Crippen LogP contribution in [0.5, 0.6) is 0 Å². The van der Waals surface area contributed by atoms with Crippen LogP contribution in [0, 0.1) is 0 Å². The number of cyclic esters (lactones) is 2. The van der Waals surface area contributed by atoms with Crippen LogP contribution in [0.3, 0.4) is 0 Å². The van der Waals surface area contributed by atoms with Gasteiger partial charge in [0, 0.05) is 40.4 Å². The second kappa shape index (κ2) is 10.5. The van der Waals surface area contributed by atoms with E-state index in [0.29, 0.717) is 11.3 Å². The summed E-state index contributed by atoms with van der Waals surface area (Å²) in [7, 11) is 0. The molecule has 2 aromatic carbocycles. The van der Waals surface area contributed by atoms with E-state index in [4.69, 9.17) is 13.9 Å². The van der Waals surface area contributed by atoms with Crippen LogP contribution in [-0.4, -0.2) is 17.7 Å². The molecule has 3 aromatic rings. The fourth-order valence-electron chi connectivity index (χ4n) is 3.35. The Hall–Kier alpha value is -3.30. The molecule has 180 valence electrons. The molecule has 2 heterocycles. The number of ether oxygens (including phenoxy) is 2. The molecule has 1 aliphatic heterocycles. The highest BCUT2D eigenvalue weighted by Crippen LogP contribution is 2.32. The second-order valence-corrected chi connectivity index (χ2v) is 9.96. The van der Waals surface area contributed by atoms with Crippen LogP contribution < -0.4 is 10.6 Å². The highest BCUT2D eigenvalue weighted by molar-refractivity contribution is 9.10. The maximum atomic E-state index is 12.7. The van der Waals surface area contributed by atoms with Gasteiger partial charge in [-0.1, -0.05) is 31.9 Å². The summed E-state index contributed by atoms with van der Waals surface area (Å²) >= 11 is 6.86. The Morgan fingerprint density at radius 2 is 1.46 bits per heavy atom. The zero-order chi connectivity index (χ0) is 25.0. The molecule has 0 amide bonds. The number of esters is 2. The van der Waals surface area contributed by atoms with Gasteiger partial charge >= 0.3 is 11.9 Å². The minimum atomic E-state index is -1.33. The first-order chi connectivity index (χ1) is 16.7. The van der Waals surface area contributed by atoms with Crippen LogP contribution in [-0.2, 0) is 19.1 Å². The normalized spacial score (nSPS) is 16.2. The number of benzene rings is 2. The molecule has 0 radical (unpaired) electrons. The highest BCUT2D eigenvalue weighted by atomic mass is 79.9. The van der Waals surface area contributed by atoms with Crippen LogP contribution in [0.1, 0.15) is 25.6 Å². The summed E-state index contributed by atoms with van der Waals surface area (Å²) in [5.41, 5.74) is 1.93. The fraction of sp³-hybridized carbons (Fsp3) is 0.154. The molecule has 4 rings (SSSR count). The summed E-state index contributed by atoms with van der Waals surface area (Å²) in [5.74, 6) is -2.28. The van der Waals surface area contributed by atoms with Crippen LogP contribution >= 0.6 is 31.9 Å². The molecule has 0 aliphatic carbocycles. The van der Waals surface area contributed by atoms with E-state index in [9.17, 15) is 9.59 Å². The van der Waals surface area contributed by atoms with Gasteiger partial charge in [-0.2, -0.15) is 0 Å². The van der Waals surface area contributed by atoms with Crippen molar-refractivity contribution in [2.45, 2.75) is 25.7 Å². The van der Waals surface area contributed by atoms with Gasteiger partial charge in [-0.25, -0.2) is 9.59 Å². The average Bonchev–Trinajstić information content (AvgIpc) is 3.33. The Morgan fingerprint density at radius 1 is 0.886 bits per heavy atom. The van der Waals surface area contributed by atoms with Crippen molar-refractivity contribution >= 4 is 55.2 Å². The Bertz CT molecular complexity index is 1240. The van der Waals surface area contributed by atoms with Crippen molar-refractivity contribution < 1.29 is 23.5 Å². The van der Waals surface area contributed by atoms with Crippen molar-refractivity contribution in [3.05, 3.63) is 105 Å². The minimum Gasteiger partial charge on any atom is -0.467 e. The van der Waals surface area contributed by atoms with E-state index in [1.54, 1.807) is 18.5 Å². The number of hydrogen-bond donors (Lipinski definition) is 2. The van der Waals surface area contributed by atoms with Crippen molar-refractivity contribution in [1.29, 1.82) is 0 Å². The molecule has 0 saturated carbocycles. The van der Waals surface area contributed by atoms with Gasteiger partial charge in [-0.05, 0) is 72.3 Å². The third kappa shape index (κ3) is 6.43. The number of carbonyl (C=O) groups excluding carboxylic acids is 2. The number of furan rings is 1. The lowest BCUT2D eigenvalue weighted by Gasteiger charge is -2.30. The monoisotopic (exact) mass is 600 g/mol. The van der Waals surface area contributed by atoms with Crippen molar-refractivity contribution in [2.75, 3.05) is 10.6 Å². The zero-order valence-electron chi connectivity index (χ0n) is 18.9. The van der Waals surface area contributed by atoms with E-state index < -0.39 is 23.8 Å². The van der Waals surface area contributed by atoms with E-state index in [-0.39, 0.29) is 5.57 Å². The molecule has 7 nitrogen and oxygen atoms in total. The number of hydrogen-bond acceptors (Lipinski definition) is 7. The number of rotatable bonds is 7. The van der Waals surface area contributed by atoms with E-state index >= 15 is 0 Å². The molecule has 1 atom stereocenters. The molecule has 1 unspecified atom stereocenters. The van der Waals surface area contributed by atoms with E-state index in [2.05, 4.69) is 42.5 Å². The van der Waals surface area contributed by atoms with Gasteiger partial charge in [0.05, 0.1) is 6.26 Å². The van der Waals surface area contributed by atoms with E-state index in [0.717, 1.165) is 20.3 Å². The van der Waals surface area contributed by atoms with Gasteiger partial charge in [-0.3, -0.25) is 0 Å². The predicted molar refractivity (Wildman–Crippen MR) is 139 cm³/mol. The van der Waals surface area contributed by atoms with Crippen LogP contribution in [0.4, 0.5) is 11.4 Å². The number of carbonyl (C=O) groups is 2. The van der Waals surface area contributed by atoms with Crippen LogP contribution in [0.15, 0.2) is 104 Å². The second-order valence-electron chi connectivity index (χ2n) is 8.13. The molecular weight excluding hydrogens is 580 g/mol. The van der Waals surface area contributed by atoms with Crippen molar-refractivity contribution in [3.8, 4) is 0 Å². The molecule has 1 aliphatic rings. The van der Waals surface area contributed by atoms with E-state index in [1.807, 2.05) is 54.6 Å². The maximum absolute atomic E-state index is 12.7. The topological polar surface area (TPSA) is 89.8 Å². The Morgan fingerprint density at radius 3 is 2.00 bits per heavy atom. The zero-order valence-corrected chi connectivity index (χ0v) is 22.1. The molecule has 35 heavy (non-hydrogen) atoms. The van der Waals surface area contributed by atoms with Gasteiger partial charge in [0.15, 0.2) is 0 Å². The predicted octanol–water partition coefficient (Wildman–Crippen LogP) is 6.72. The molecule has 2 N–H and O–H groups in total. The van der Waals surface area contributed by atoms with Crippen molar-refractivity contribution in [1.82, 2.24) is 0 Å². The molecule has 1 fully saturated rings. The Labute approximate surface area is 219 Å². The molecular formula is C26H22Br2N2O5. The van der Waals surface area contributed by atoms with Crippen LogP contribution in [0.25, 0.3) is 0 Å². The smallest absolute Gasteiger partial charge is 0.348 e. The van der Waals surface area contributed by atoms with Crippen LogP contribution in [0.2, 0.25) is 0 Å². The third-order valence-electron chi connectivity index (χ3n) is 4.99. The van der Waals surface area contributed by atoms with Gasteiger partial charge in [0.1, 0.15) is 17.4 Å². The number of nitrogens with one attached hydrogen (secondary N) is 2. The lowest BCUT2D eigenvalue weighted by molar-refractivity contribution is -0.222. The average molecular weight is 602 g/mol.